The Morgan fingerprint density at radius 3 is 2.69 bits per heavy atom. The van der Waals surface area contributed by atoms with Gasteiger partial charge in [0.15, 0.2) is 11.5 Å². The van der Waals surface area contributed by atoms with Crippen LogP contribution in [0.4, 0.5) is 0 Å². The quantitative estimate of drug-likeness (QED) is 0.772. The van der Waals surface area contributed by atoms with Crippen LogP contribution in [0.2, 0.25) is 0 Å². The van der Waals surface area contributed by atoms with E-state index in [9.17, 15) is 9.59 Å². The second kappa shape index (κ2) is 6.62. The van der Waals surface area contributed by atoms with Gasteiger partial charge in [0.1, 0.15) is 0 Å². The molecular weight excluding hydrogens is 370 g/mol. The number of amides is 2. The highest BCUT2D eigenvalue weighted by atomic mass is 16.7. The van der Waals surface area contributed by atoms with Crippen molar-refractivity contribution in [1.29, 1.82) is 0 Å². The fourth-order valence-electron chi connectivity index (χ4n) is 6.27. The Morgan fingerprint density at radius 2 is 1.90 bits per heavy atom. The minimum Gasteiger partial charge on any atom is -0.454 e. The van der Waals surface area contributed by atoms with Crippen molar-refractivity contribution < 1.29 is 19.1 Å². The number of carbonyl (C=O) groups excluding carboxylic acids is 2. The molecule has 7 rings (SSSR count). The van der Waals surface area contributed by atoms with E-state index in [-0.39, 0.29) is 37.1 Å². The molecule has 0 radical (unpaired) electrons. The molecule has 6 heterocycles. The fourth-order valence-corrected chi connectivity index (χ4v) is 6.27. The standard InChI is InChI=1S/C22H27N3O4/c26-19-2-1-7-24(19)12-20(27)25-11-16(15-3-4-17-18(10-15)29-13-28-17)22-21(25)14-5-8-23(22)9-6-14/h3-4,10,14,16,21-22H,1-2,5-9,11-13H2/t16-,21+,22+/m1/s1. The van der Waals surface area contributed by atoms with Gasteiger partial charge in [-0.2, -0.15) is 0 Å². The number of hydrogen-bond donors (Lipinski definition) is 0. The summed E-state index contributed by atoms with van der Waals surface area (Å²) < 4.78 is 11.1. The first-order chi connectivity index (χ1) is 14.2. The molecule has 0 N–H and O–H groups in total. The minimum absolute atomic E-state index is 0.118. The van der Waals surface area contributed by atoms with Gasteiger partial charge in [-0.1, -0.05) is 6.07 Å². The molecular formula is C22H27N3O4. The molecule has 0 spiro atoms. The van der Waals surface area contributed by atoms with Crippen LogP contribution in [-0.4, -0.2) is 78.1 Å². The summed E-state index contributed by atoms with van der Waals surface area (Å²) in [5.41, 5.74) is 1.23. The summed E-state index contributed by atoms with van der Waals surface area (Å²) in [4.78, 5) is 31.8. The van der Waals surface area contributed by atoms with Gasteiger partial charge in [0, 0.05) is 31.5 Å². The molecule has 154 valence electrons. The summed E-state index contributed by atoms with van der Waals surface area (Å²) >= 11 is 0. The van der Waals surface area contributed by atoms with Crippen molar-refractivity contribution in [2.45, 2.75) is 43.7 Å². The number of piperidine rings is 3. The summed E-state index contributed by atoms with van der Waals surface area (Å²) in [6.07, 6.45) is 3.78. The number of carbonyl (C=O) groups is 2. The Bertz CT molecular complexity index is 850. The van der Waals surface area contributed by atoms with E-state index in [1.807, 2.05) is 6.07 Å². The summed E-state index contributed by atoms with van der Waals surface area (Å²) in [6, 6.07) is 6.86. The molecule has 29 heavy (non-hydrogen) atoms. The monoisotopic (exact) mass is 397 g/mol. The minimum atomic E-state index is 0.118. The Hall–Kier alpha value is -2.28. The lowest BCUT2D eigenvalue weighted by atomic mass is 9.75. The highest BCUT2D eigenvalue weighted by molar-refractivity contribution is 5.86. The zero-order valence-corrected chi connectivity index (χ0v) is 16.6. The summed E-state index contributed by atoms with van der Waals surface area (Å²) in [5, 5.41) is 0. The number of hydrogen-bond acceptors (Lipinski definition) is 5. The lowest BCUT2D eigenvalue weighted by Crippen LogP contribution is -2.61. The maximum atomic E-state index is 13.3. The first kappa shape index (κ1) is 17.6. The third kappa shape index (κ3) is 2.74. The molecule has 7 heteroatoms. The van der Waals surface area contributed by atoms with Crippen LogP contribution in [0, 0.1) is 5.92 Å². The highest BCUT2D eigenvalue weighted by Crippen LogP contribution is 2.48. The van der Waals surface area contributed by atoms with Crippen LogP contribution in [-0.2, 0) is 9.59 Å². The van der Waals surface area contributed by atoms with E-state index >= 15 is 0 Å². The zero-order valence-electron chi connectivity index (χ0n) is 16.6. The van der Waals surface area contributed by atoms with Crippen molar-refractivity contribution in [3.8, 4) is 11.5 Å². The molecule has 2 amide bonds. The topological polar surface area (TPSA) is 62.3 Å². The fraction of sp³-hybridized carbons (Fsp3) is 0.636. The Kier molecular flexibility index (Phi) is 4.01. The van der Waals surface area contributed by atoms with Crippen LogP contribution in [0.25, 0.3) is 0 Å². The molecule has 0 saturated carbocycles. The average molecular weight is 397 g/mol. The first-order valence-electron chi connectivity index (χ1n) is 10.9. The maximum absolute atomic E-state index is 13.3. The van der Waals surface area contributed by atoms with Gasteiger partial charge in [-0.05, 0) is 56.0 Å². The Balaban J connectivity index is 1.30. The molecule has 2 bridgehead atoms. The molecule has 7 nitrogen and oxygen atoms in total. The maximum Gasteiger partial charge on any atom is 0.242 e. The van der Waals surface area contributed by atoms with E-state index in [4.69, 9.17) is 9.47 Å². The van der Waals surface area contributed by atoms with E-state index in [0.29, 0.717) is 24.9 Å². The SMILES string of the molecule is O=C1CCCN1CC(=O)N1C[C@H](c2ccc3c(c2)OCO3)[C@H]2[C@@H]1C1CCN2CC1. The second-order valence-electron chi connectivity index (χ2n) is 9.04. The smallest absolute Gasteiger partial charge is 0.242 e. The number of benzene rings is 1. The van der Waals surface area contributed by atoms with Gasteiger partial charge >= 0.3 is 0 Å². The number of likely N-dealkylation sites (tertiary alicyclic amines) is 2. The molecule has 1 aromatic carbocycles. The molecule has 6 aliphatic heterocycles. The molecule has 5 saturated heterocycles. The molecule has 0 unspecified atom stereocenters. The number of fused-ring (bicyclic) bond motifs is 3. The van der Waals surface area contributed by atoms with Gasteiger partial charge in [0.05, 0.1) is 12.6 Å². The van der Waals surface area contributed by atoms with E-state index in [2.05, 4.69) is 21.9 Å². The Labute approximate surface area is 170 Å². The predicted molar refractivity (Wildman–Crippen MR) is 105 cm³/mol. The summed E-state index contributed by atoms with van der Waals surface area (Å²) in [5.74, 6) is 2.69. The molecule has 6 aliphatic rings. The van der Waals surface area contributed by atoms with Gasteiger partial charge in [-0.25, -0.2) is 0 Å². The highest BCUT2D eigenvalue weighted by Gasteiger charge is 2.54. The normalized spacial score (nSPS) is 34.8. The largest absolute Gasteiger partial charge is 0.454 e. The Morgan fingerprint density at radius 1 is 1.07 bits per heavy atom. The van der Waals surface area contributed by atoms with E-state index < -0.39 is 0 Å². The van der Waals surface area contributed by atoms with Crippen LogP contribution >= 0.6 is 0 Å². The van der Waals surface area contributed by atoms with Crippen LogP contribution < -0.4 is 9.47 Å². The molecule has 0 aromatic heterocycles. The number of nitrogens with zero attached hydrogens (tertiary/aromatic N) is 3. The van der Waals surface area contributed by atoms with E-state index in [1.54, 1.807) is 4.90 Å². The van der Waals surface area contributed by atoms with Crippen LogP contribution in [0.15, 0.2) is 18.2 Å². The number of rotatable bonds is 3. The molecule has 5 fully saturated rings. The van der Waals surface area contributed by atoms with E-state index in [1.165, 1.54) is 18.4 Å². The third-order valence-electron chi connectivity index (χ3n) is 7.64. The predicted octanol–water partition coefficient (Wildman–Crippen LogP) is 1.43. The van der Waals surface area contributed by atoms with Crippen molar-refractivity contribution in [1.82, 2.24) is 14.7 Å². The van der Waals surface area contributed by atoms with Crippen LogP contribution in [0.1, 0.15) is 37.2 Å². The van der Waals surface area contributed by atoms with Gasteiger partial charge in [-0.3, -0.25) is 14.5 Å². The number of ether oxygens (including phenoxy) is 2. The first-order valence-corrected chi connectivity index (χ1v) is 10.9. The lowest BCUT2D eigenvalue weighted by Gasteiger charge is -2.51. The molecule has 3 atom stereocenters. The van der Waals surface area contributed by atoms with Crippen molar-refractivity contribution >= 4 is 11.8 Å². The van der Waals surface area contributed by atoms with Crippen molar-refractivity contribution in [2.24, 2.45) is 5.92 Å². The van der Waals surface area contributed by atoms with Gasteiger partial charge in [0.2, 0.25) is 18.6 Å². The second-order valence-corrected chi connectivity index (χ2v) is 9.04. The average Bonchev–Trinajstić information content (AvgIpc) is 3.47. The van der Waals surface area contributed by atoms with Gasteiger partial charge < -0.3 is 19.3 Å². The lowest BCUT2D eigenvalue weighted by molar-refractivity contribution is -0.141. The summed E-state index contributed by atoms with van der Waals surface area (Å²) in [7, 11) is 0. The van der Waals surface area contributed by atoms with E-state index in [0.717, 1.165) is 37.6 Å². The van der Waals surface area contributed by atoms with Crippen LogP contribution in [0.3, 0.4) is 0 Å². The van der Waals surface area contributed by atoms with Gasteiger partial charge in [-0.15, -0.1) is 0 Å². The van der Waals surface area contributed by atoms with Gasteiger partial charge in [0.25, 0.3) is 0 Å². The van der Waals surface area contributed by atoms with Crippen LogP contribution in [0.5, 0.6) is 11.5 Å². The molecule has 1 aromatic rings. The third-order valence-corrected chi connectivity index (χ3v) is 7.64. The summed E-state index contributed by atoms with van der Waals surface area (Å²) in [6.45, 7) is 4.20. The molecule has 0 aliphatic carbocycles. The van der Waals surface area contributed by atoms with Crippen molar-refractivity contribution in [3.63, 3.8) is 0 Å². The van der Waals surface area contributed by atoms with Crippen molar-refractivity contribution in [2.75, 3.05) is 39.5 Å². The van der Waals surface area contributed by atoms with Crippen molar-refractivity contribution in [3.05, 3.63) is 23.8 Å². The zero-order chi connectivity index (χ0) is 19.5.